The van der Waals surface area contributed by atoms with Crippen molar-refractivity contribution in [2.45, 2.75) is 19.8 Å². The summed E-state index contributed by atoms with van der Waals surface area (Å²) in [5.41, 5.74) is 2.54. The normalized spacial score (nSPS) is 20.1. The van der Waals surface area contributed by atoms with Crippen LogP contribution in [0.15, 0.2) is 24.4 Å². The molecular weight excluding hydrogens is 358 g/mol. The van der Waals surface area contributed by atoms with Gasteiger partial charge in [-0.05, 0) is 29.0 Å². The Labute approximate surface area is 153 Å². The molecule has 0 aliphatic carbocycles. The SMILES string of the molecule is CC(C)c1ccc(N2CC3(C2)CN(S(C)(=O)=O)C3)c2cnc(Cl)cc12. The maximum atomic E-state index is 11.6. The van der Waals surface area contributed by atoms with Gasteiger partial charge < -0.3 is 4.90 Å². The highest BCUT2D eigenvalue weighted by atomic mass is 35.5. The molecule has 0 radical (unpaired) electrons. The van der Waals surface area contributed by atoms with Crippen LogP contribution in [0.3, 0.4) is 0 Å². The van der Waals surface area contributed by atoms with Gasteiger partial charge in [-0.25, -0.2) is 17.7 Å². The summed E-state index contributed by atoms with van der Waals surface area (Å²) in [5.74, 6) is 0.410. The monoisotopic (exact) mass is 379 g/mol. The summed E-state index contributed by atoms with van der Waals surface area (Å²) in [5, 5.41) is 2.78. The van der Waals surface area contributed by atoms with E-state index in [2.05, 4.69) is 35.9 Å². The highest BCUT2D eigenvalue weighted by molar-refractivity contribution is 7.88. The van der Waals surface area contributed by atoms with E-state index < -0.39 is 10.0 Å². The van der Waals surface area contributed by atoms with Crippen LogP contribution in [0, 0.1) is 5.41 Å². The van der Waals surface area contributed by atoms with Crippen LogP contribution < -0.4 is 4.90 Å². The zero-order chi connectivity index (χ0) is 18.0. The van der Waals surface area contributed by atoms with Crippen LogP contribution in [0.2, 0.25) is 5.15 Å². The molecule has 2 aliphatic rings. The Balaban J connectivity index is 1.61. The van der Waals surface area contributed by atoms with E-state index >= 15 is 0 Å². The molecule has 3 heterocycles. The predicted octanol–water partition coefficient (Wildman–Crippen LogP) is 3.09. The number of hydrogen-bond donors (Lipinski definition) is 0. The lowest BCUT2D eigenvalue weighted by Gasteiger charge is -2.60. The molecule has 0 amide bonds. The number of benzene rings is 1. The average molecular weight is 380 g/mol. The Kier molecular flexibility index (Phi) is 3.80. The van der Waals surface area contributed by atoms with Crippen molar-refractivity contribution in [3.05, 3.63) is 35.1 Å². The summed E-state index contributed by atoms with van der Waals surface area (Å²) < 4.78 is 24.7. The van der Waals surface area contributed by atoms with Crippen LogP contribution in [0.1, 0.15) is 25.3 Å². The molecule has 0 N–H and O–H groups in total. The fraction of sp³-hybridized carbons (Fsp3) is 0.500. The molecule has 2 saturated heterocycles. The second-order valence-electron chi connectivity index (χ2n) is 7.77. The third-order valence-corrected chi connectivity index (χ3v) is 6.79. The zero-order valence-corrected chi connectivity index (χ0v) is 16.2. The van der Waals surface area contributed by atoms with Crippen molar-refractivity contribution in [2.24, 2.45) is 5.41 Å². The Hall–Kier alpha value is -1.37. The third-order valence-electron chi connectivity index (χ3n) is 5.39. The molecule has 2 aliphatic heterocycles. The maximum absolute atomic E-state index is 11.6. The average Bonchev–Trinajstić information content (AvgIpc) is 2.42. The minimum atomic E-state index is -3.06. The molecule has 2 fully saturated rings. The van der Waals surface area contributed by atoms with Gasteiger partial charge in [0.25, 0.3) is 0 Å². The summed E-state index contributed by atoms with van der Waals surface area (Å²) in [6.45, 7) is 7.39. The molecule has 7 heteroatoms. The van der Waals surface area contributed by atoms with E-state index in [9.17, 15) is 8.42 Å². The molecule has 1 spiro atoms. The zero-order valence-electron chi connectivity index (χ0n) is 14.7. The molecule has 0 saturated carbocycles. The molecule has 1 aromatic heterocycles. The number of hydrogen-bond acceptors (Lipinski definition) is 4. The van der Waals surface area contributed by atoms with Gasteiger partial charge in [-0.1, -0.05) is 31.5 Å². The maximum Gasteiger partial charge on any atom is 0.211 e. The van der Waals surface area contributed by atoms with Gasteiger partial charge in [-0.3, -0.25) is 0 Å². The molecule has 0 bridgehead atoms. The molecule has 25 heavy (non-hydrogen) atoms. The summed E-state index contributed by atoms with van der Waals surface area (Å²) >= 11 is 6.12. The predicted molar refractivity (Wildman–Crippen MR) is 102 cm³/mol. The summed E-state index contributed by atoms with van der Waals surface area (Å²) in [4.78, 5) is 6.60. The number of anilines is 1. The highest BCUT2D eigenvalue weighted by Gasteiger charge is 2.54. The van der Waals surface area contributed by atoms with Crippen LogP contribution in [0.25, 0.3) is 10.8 Å². The molecule has 1 aromatic carbocycles. The fourth-order valence-electron chi connectivity index (χ4n) is 4.07. The largest absolute Gasteiger partial charge is 0.370 e. The number of fused-ring (bicyclic) bond motifs is 1. The fourth-order valence-corrected chi connectivity index (χ4v) is 5.25. The third kappa shape index (κ3) is 2.80. The van der Waals surface area contributed by atoms with Crippen molar-refractivity contribution in [3.8, 4) is 0 Å². The minimum Gasteiger partial charge on any atom is -0.370 e. The molecule has 134 valence electrons. The van der Waals surface area contributed by atoms with Gasteiger partial charge in [0.1, 0.15) is 5.15 Å². The standard InChI is InChI=1S/C18H22ClN3O2S/c1-12(2)13-4-5-16(15-7-20-17(19)6-14(13)15)21-8-18(9-21)10-22(11-18)25(3,23)24/h4-7,12H,8-11H2,1-3H3. The number of aromatic nitrogens is 1. The van der Waals surface area contributed by atoms with Crippen LogP contribution in [0.5, 0.6) is 0 Å². The van der Waals surface area contributed by atoms with Crippen LogP contribution in [-0.2, 0) is 10.0 Å². The lowest BCUT2D eigenvalue weighted by molar-refractivity contribution is 0.0402. The molecule has 2 aromatic rings. The minimum absolute atomic E-state index is 0.117. The van der Waals surface area contributed by atoms with Gasteiger partial charge >= 0.3 is 0 Å². The van der Waals surface area contributed by atoms with Crippen LogP contribution in [0.4, 0.5) is 5.69 Å². The van der Waals surface area contributed by atoms with E-state index in [1.165, 1.54) is 11.8 Å². The number of pyridine rings is 1. The quantitative estimate of drug-likeness (QED) is 0.769. The first-order valence-corrected chi connectivity index (χ1v) is 10.7. The van der Waals surface area contributed by atoms with E-state index in [-0.39, 0.29) is 5.41 Å². The lowest BCUT2D eigenvalue weighted by Crippen LogP contribution is -2.72. The van der Waals surface area contributed by atoms with Crippen molar-refractivity contribution in [1.29, 1.82) is 0 Å². The van der Waals surface area contributed by atoms with E-state index in [4.69, 9.17) is 11.6 Å². The van der Waals surface area contributed by atoms with Gasteiger partial charge in [0.05, 0.1) is 6.26 Å². The molecular formula is C18H22ClN3O2S. The van der Waals surface area contributed by atoms with Crippen molar-refractivity contribution < 1.29 is 8.42 Å². The van der Waals surface area contributed by atoms with E-state index in [1.807, 2.05) is 12.3 Å². The Morgan fingerprint density at radius 3 is 2.44 bits per heavy atom. The van der Waals surface area contributed by atoms with E-state index in [0.29, 0.717) is 24.2 Å². The second kappa shape index (κ2) is 5.56. The molecule has 0 atom stereocenters. The first kappa shape index (κ1) is 17.1. The van der Waals surface area contributed by atoms with Crippen molar-refractivity contribution in [3.63, 3.8) is 0 Å². The summed E-state index contributed by atoms with van der Waals surface area (Å²) in [6, 6.07) is 6.28. The molecule has 4 rings (SSSR count). The van der Waals surface area contributed by atoms with E-state index in [0.717, 1.165) is 29.5 Å². The number of nitrogens with zero attached hydrogens (tertiary/aromatic N) is 3. The van der Waals surface area contributed by atoms with E-state index in [1.54, 1.807) is 4.31 Å². The Morgan fingerprint density at radius 1 is 1.16 bits per heavy atom. The highest BCUT2D eigenvalue weighted by Crippen LogP contribution is 2.45. The van der Waals surface area contributed by atoms with Crippen molar-refractivity contribution >= 4 is 38.1 Å². The van der Waals surface area contributed by atoms with Gasteiger partial charge in [-0.15, -0.1) is 0 Å². The summed E-state index contributed by atoms with van der Waals surface area (Å²) in [6.07, 6.45) is 3.14. The van der Waals surface area contributed by atoms with Gasteiger partial charge in [0, 0.05) is 48.9 Å². The first-order chi connectivity index (χ1) is 11.7. The molecule has 5 nitrogen and oxygen atoms in total. The van der Waals surface area contributed by atoms with Crippen LogP contribution in [-0.4, -0.2) is 50.1 Å². The summed E-state index contributed by atoms with van der Waals surface area (Å²) in [7, 11) is -3.06. The van der Waals surface area contributed by atoms with Gasteiger partial charge in [0.15, 0.2) is 0 Å². The smallest absolute Gasteiger partial charge is 0.211 e. The van der Waals surface area contributed by atoms with Crippen molar-refractivity contribution in [1.82, 2.24) is 9.29 Å². The van der Waals surface area contributed by atoms with Crippen LogP contribution >= 0.6 is 11.6 Å². The van der Waals surface area contributed by atoms with Crippen molar-refractivity contribution in [2.75, 3.05) is 37.3 Å². The Bertz CT molecular complexity index is 944. The second-order valence-corrected chi connectivity index (χ2v) is 10.1. The number of rotatable bonds is 3. The van der Waals surface area contributed by atoms with Gasteiger partial charge in [0.2, 0.25) is 10.0 Å². The van der Waals surface area contributed by atoms with Gasteiger partial charge in [-0.2, -0.15) is 0 Å². The number of sulfonamides is 1. The topological polar surface area (TPSA) is 53.5 Å². The Morgan fingerprint density at radius 2 is 1.84 bits per heavy atom. The lowest BCUT2D eigenvalue weighted by atomic mass is 9.74. The number of halogens is 1. The molecule has 0 unspecified atom stereocenters. The first-order valence-electron chi connectivity index (χ1n) is 8.47.